The Balaban J connectivity index is 0.000000121. The van der Waals surface area contributed by atoms with E-state index in [1.54, 1.807) is 73.3 Å². The highest BCUT2D eigenvalue weighted by atomic mass is 19.1. The van der Waals surface area contributed by atoms with Crippen molar-refractivity contribution in [1.29, 1.82) is 0 Å². The second-order valence-corrected chi connectivity index (χ2v) is 35.2. The molecule has 5 fully saturated rings. The first-order valence-electron chi connectivity index (χ1n) is 47.0. The van der Waals surface area contributed by atoms with E-state index in [-0.39, 0.29) is 146 Å². The van der Waals surface area contributed by atoms with Gasteiger partial charge in [-0.15, -0.1) is 0 Å². The number of fused-ring (bicyclic) bond motifs is 4. The summed E-state index contributed by atoms with van der Waals surface area (Å²) in [5, 5.41) is 18.8. The lowest BCUT2D eigenvalue weighted by molar-refractivity contribution is -0.140. The van der Waals surface area contributed by atoms with Crippen LogP contribution in [-0.2, 0) is 64.0 Å². The van der Waals surface area contributed by atoms with Crippen LogP contribution < -0.4 is 31.9 Å². The molecule has 702 valence electrons. The fourth-order valence-electron chi connectivity index (χ4n) is 18.7. The van der Waals surface area contributed by atoms with Crippen molar-refractivity contribution in [3.63, 3.8) is 0 Å². The molecule has 37 heteroatoms. The van der Waals surface area contributed by atoms with Gasteiger partial charge in [0, 0.05) is 182 Å². The molecule has 2 saturated carbocycles. The Morgan fingerprint density at radius 3 is 0.897 bits per heavy atom. The normalized spacial score (nSPS) is 17.9. The molecule has 33 nitrogen and oxygen atoms in total. The first kappa shape index (κ1) is 91.8. The summed E-state index contributed by atoms with van der Waals surface area (Å²) in [5.41, 5.74) is 12.0. The Kier molecular flexibility index (Phi) is 27.7. The van der Waals surface area contributed by atoms with Crippen LogP contribution in [0.4, 0.5) is 41.4 Å². The molecule has 2 aliphatic carbocycles. The lowest BCUT2D eigenvalue weighted by Gasteiger charge is -2.26. The first-order chi connectivity index (χ1) is 66.2. The van der Waals surface area contributed by atoms with E-state index in [9.17, 15) is 55.9 Å². The predicted molar refractivity (Wildman–Crippen MR) is 498 cm³/mol. The number of imide groups is 3. The van der Waals surface area contributed by atoms with Gasteiger partial charge in [-0.1, -0.05) is 13.8 Å². The summed E-state index contributed by atoms with van der Waals surface area (Å²) < 4.78 is 62.9. The number of hydrogen-bond donors (Lipinski definition) is 6. The zero-order valence-corrected chi connectivity index (χ0v) is 75.8. The number of hydrogen-bond acceptors (Lipinski definition) is 24. The van der Waals surface area contributed by atoms with Crippen molar-refractivity contribution in [3.05, 3.63) is 193 Å². The molecule has 9 aliphatic rings. The summed E-state index contributed by atoms with van der Waals surface area (Å²) >= 11 is 0. The Labute approximate surface area is 781 Å². The molecule has 8 aromatic heterocycles. The van der Waals surface area contributed by atoms with Gasteiger partial charge in [-0.2, -0.15) is 0 Å². The third kappa shape index (κ3) is 20.4. The third-order valence-electron chi connectivity index (χ3n) is 25.8. The van der Waals surface area contributed by atoms with Crippen molar-refractivity contribution >= 4 is 71.1 Å². The predicted octanol–water partition coefficient (Wildman–Crippen LogP) is 14.2. The molecule has 7 aliphatic heterocycles. The van der Waals surface area contributed by atoms with Gasteiger partial charge in [0.1, 0.15) is 46.6 Å². The monoisotopic (exact) mass is 1850 g/mol. The van der Waals surface area contributed by atoms with Crippen LogP contribution in [-0.4, -0.2) is 198 Å². The maximum atomic E-state index is 13.6. The Bertz CT molecular complexity index is 6430. The number of anilines is 4. The SMILES string of the molecule is CCCNc1nccc(-c2c(-c3ccc(F)cc3)nc3n2C(CN2C(=O)CCC2=O)CC3)n1.CCCNc1nccc(-c2c(-c3ccc(F)cc3)nc3n2C(CNC(=O)CCC(=O)NCC)CC3)n1.O=C1CCC(=O)N1CC1CCc2nc(-c3ccc(F)cc3)c(-c3ccnc(NC4CC4)n3)n21.O=C1CCC(=O)N1CC1CCc2nc(-c3ccc(F)cc3)c(-c3ccnc(NC4CCC4)n3)n21. The fourth-order valence-corrected chi connectivity index (χ4v) is 18.7. The van der Waals surface area contributed by atoms with Crippen LogP contribution in [0.5, 0.6) is 0 Å². The maximum Gasteiger partial charge on any atom is 0.229 e. The van der Waals surface area contributed by atoms with E-state index in [1.807, 2.05) is 31.2 Å². The number of carbonyl (C=O) groups is 8. The van der Waals surface area contributed by atoms with Gasteiger partial charge in [-0.3, -0.25) is 53.1 Å². The van der Waals surface area contributed by atoms with Gasteiger partial charge < -0.3 is 50.2 Å². The molecule has 0 spiro atoms. The highest BCUT2D eigenvalue weighted by Gasteiger charge is 2.42. The summed E-state index contributed by atoms with van der Waals surface area (Å²) in [5.74, 6) is 3.45. The summed E-state index contributed by atoms with van der Waals surface area (Å²) in [6, 6.07) is 32.9. The zero-order chi connectivity index (χ0) is 94.2. The largest absolute Gasteiger partial charge is 0.356 e. The van der Waals surface area contributed by atoms with Crippen molar-refractivity contribution in [3.8, 4) is 90.6 Å². The average Bonchev–Trinajstić information content (AvgIpc) is 1.58. The number of imidazole rings is 4. The highest BCUT2D eigenvalue weighted by molar-refractivity contribution is 6.03. The van der Waals surface area contributed by atoms with Crippen molar-refractivity contribution in [2.45, 2.75) is 205 Å². The van der Waals surface area contributed by atoms with Gasteiger partial charge in [0.15, 0.2) is 0 Å². The van der Waals surface area contributed by atoms with Crippen molar-refractivity contribution < 1.29 is 55.9 Å². The van der Waals surface area contributed by atoms with E-state index in [2.05, 4.69) is 84.0 Å². The van der Waals surface area contributed by atoms with Gasteiger partial charge in [0.05, 0.1) is 92.5 Å². The van der Waals surface area contributed by atoms with Crippen LogP contribution in [0.15, 0.2) is 146 Å². The maximum absolute atomic E-state index is 13.6. The Morgan fingerprint density at radius 1 is 0.331 bits per heavy atom. The first-order valence-corrected chi connectivity index (χ1v) is 47.0. The van der Waals surface area contributed by atoms with Crippen molar-refractivity contribution in [2.24, 2.45) is 0 Å². The number of nitrogens with one attached hydrogen (secondary N) is 6. The van der Waals surface area contributed by atoms with Gasteiger partial charge >= 0.3 is 0 Å². The standard InChI is InChI=1S/C26H32FN7O2.C25H25FN6O2.C24H23FN6O2.C24H25FN6O2/c1-3-14-29-26-30-15-13-20(32-26)25-24(17-5-7-18(27)8-6-17)33-21-10-9-19(34(21)25)16-31-23(36)12-11-22(35)28-4-2;26-16-6-4-15(5-7-16)23-24(19-12-13-27-25(29-19)28-17-2-1-3-17)32-18(8-9-20(32)30-23)14-31-21(33)10-11-22(31)34;25-15-3-1-14(2-4-15)22-23(18-11-12-26-24(28-18)27-16-5-6-16)31-17(7-8-19(31)29-22)13-30-20(32)9-10-21(30)33;1-2-12-26-24-27-13-11-18(28-24)23-22(15-3-5-16(25)6-4-15)29-19-8-7-17(31(19)23)14-30-20(32)9-10-21(30)33/h5-8,13,15,19H,3-4,9-12,14,16H2,1-2H3,(H,28,35)(H,31,36)(H,29,30,32);4-7,12-13,17-18H,1-3,8-11,14H2,(H,27,28,29);1-4,11-12,16-17H,5-10,13H2,(H,26,27,28);3-6,11,13,17H,2,7-10,12,14H2,1H3,(H,26,27,28). The van der Waals surface area contributed by atoms with Gasteiger partial charge in [0.25, 0.3) is 0 Å². The number of aryl methyl sites for hydroxylation is 4. The molecule has 0 bridgehead atoms. The number of aromatic nitrogens is 16. The van der Waals surface area contributed by atoms with Gasteiger partial charge in [-0.05, 0) is 199 Å². The van der Waals surface area contributed by atoms with E-state index in [0.29, 0.717) is 108 Å². The number of benzene rings is 4. The minimum Gasteiger partial charge on any atom is -0.356 e. The highest BCUT2D eigenvalue weighted by Crippen LogP contribution is 2.46. The average molecular weight is 1850 g/mol. The van der Waals surface area contributed by atoms with E-state index < -0.39 is 0 Å². The quantitative estimate of drug-likeness (QED) is 0.0180. The Morgan fingerprint density at radius 2 is 0.610 bits per heavy atom. The molecule has 136 heavy (non-hydrogen) atoms. The van der Waals surface area contributed by atoms with Gasteiger partial charge in [0.2, 0.25) is 71.1 Å². The lowest BCUT2D eigenvalue weighted by atomic mass is 9.93. The molecular formula is C99H105F4N25O8. The number of amides is 8. The van der Waals surface area contributed by atoms with E-state index in [1.165, 1.54) is 69.7 Å². The van der Waals surface area contributed by atoms with E-state index in [0.717, 1.165) is 177 Å². The molecule has 4 unspecified atom stereocenters. The number of likely N-dealkylation sites (tertiary alicyclic amines) is 3. The molecule has 12 aromatic rings. The van der Waals surface area contributed by atoms with E-state index in [4.69, 9.17) is 39.9 Å². The molecule has 3 saturated heterocycles. The second-order valence-electron chi connectivity index (χ2n) is 35.2. The molecule has 4 atom stereocenters. The van der Waals surface area contributed by atoms with Crippen molar-refractivity contribution in [2.75, 3.05) is 67.1 Å². The van der Waals surface area contributed by atoms with Crippen LogP contribution in [0, 0.1) is 23.3 Å². The number of rotatable bonds is 30. The molecule has 15 heterocycles. The van der Waals surface area contributed by atoms with Gasteiger partial charge in [-0.25, -0.2) is 77.4 Å². The van der Waals surface area contributed by atoms with Crippen LogP contribution >= 0.6 is 0 Å². The third-order valence-corrected chi connectivity index (χ3v) is 25.8. The molecule has 8 amide bonds. The van der Waals surface area contributed by atoms with E-state index >= 15 is 0 Å². The topological polar surface area (TPSA) is 393 Å². The minimum absolute atomic E-state index is 0.0212. The van der Waals surface area contributed by atoms with Crippen LogP contribution in [0.3, 0.4) is 0 Å². The lowest BCUT2D eigenvalue weighted by Crippen LogP contribution is -2.34. The van der Waals surface area contributed by atoms with Crippen LogP contribution in [0.1, 0.15) is 190 Å². The smallest absolute Gasteiger partial charge is 0.229 e. The van der Waals surface area contributed by atoms with Crippen LogP contribution in [0.25, 0.3) is 90.6 Å². The second kappa shape index (κ2) is 41.0. The molecule has 0 radical (unpaired) electrons. The summed E-state index contributed by atoms with van der Waals surface area (Å²) in [6.45, 7) is 9.43. The molecule has 21 rings (SSSR count). The summed E-state index contributed by atoms with van der Waals surface area (Å²) in [4.78, 5) is 158. The number of halogens is 4. The molecule has 4 aromatic carbocycles. The summed E-state index contributed by atoms with van der Waals surface area (Å²) in [7, 11) is 0. The fraction of sp³-hybridized carbons (Fsp3) is 0.394. The number of nitrogens with zero attached hydrogens (tertiary/aromatic N) is 19. The Hall–Kier alpha value is -14.7. The summed E-state index contributed by atoms with van der Waals surface area (Å²) in [6.07, 6.45) is 22.4. The zero-order valence-electron chi connectivity index (χ0n) is 75.8. The van der Waals surface area contributed by atoms with Crippen molar-refractivity contribution in [1.82, 2.24) is 103 Å². The molecule has 6 N–H and O–H groups in total. The minimum atomic E-state index is -0.316. The number of carbonyl (C=O) groups excluding carboxylic acids is 8. The molecular weight excluding hydrogens is 1740 g/mol. The van der Waals surface area contributed by atoms with Crippen LogP contribution in [0.2, 0.25) is 0 Å².